The average Bonchev–Trinajstić information content (AvgIpc) is 3.05. The molecule has 0 N–H and O–H groups in total. The molecule has 0 saturated heterocycles. The first-order chi connectivity index (χ1) is 12.2. The van der Waals surface area contributed by atoms with E-state index in [4.69, 9.17) is 14.2 Å². The van der Waals surface area contributed by atoms with Gasteiger partial charge in [-0.1, -0.05) is 0 Å². The second-order valence-corrected chi connectivity index (χ2v) is 6.50. The van der Waals surface area contributed by atoms with Gasteiger partial charge in [-0.05, 0) is 41.6 Å². The standard InChI is InChI=1S/C20H17NO4/c1-21-6-5-11-7-17-20(25-10-24-17)19-13-4-3-12(23-2)8-14(13)16(22)9-15(21)18(11)19/h3-4,7-9H,5-6,10H2,1-2H3. The third-order valence-electron chi connectivity index (χ3n) is 5.16. The van der Waals surface area contributed by atoms with E-state index >= 15 is 0 Å². The normalized spacial score (nSPS) is 15.0. The van der Waals surface area contributed by atoms with Crippen molar-refractivity contribution >= 4 is 27.2 Å². The lowest BCUT2D eigenvalue weighted by molar-refractivity contribution is 0.175. The van der Waals surface area contributed by atoms with Gasteiger partial charge in [0.1, 0.15) is 5.75 Å². The zero-order valence-electron chi connectivity index (χ0n) is 14.1. The molecule has 3 aromatic carbocycles. The van der Waals surface area contributed by atoms with Crippen LogP contribution in [0.15, 0.2) is 35.1 Å². The molecular weight excluding hydrogens is 318 g/mol. The number of likely N-dealkylation sites (N-methyl/N-ethyl adjacent to an activating group) is 1. The van der Waals surface area contributed by atoms with Gasteiger partial charge in [-0.15, -0.1) is 0 Å². The lowest BCUT2D eigenvalue weighted by Crippen LogP contribution is -2.24. The molecule has 0 unspecified atom stereocenters. The molecule has 0 aromatic heterocycles. The van der Waals surface area contributed by atoms with Crippen LogP contribution in [0.3, 0.4) is 0 Å². The van der Waals surface area contributed by atoms with Crippen molar-refractivity contribution < 1.29 is 14.2 Å². The molecule has 2 aliphatic heterocycles. The number of hydrogen-bond donors (Lipinski definition) is 0. The highest BCUT2D eigenvalue weighted by molar-refractivity contribution is 6.16. The minimum Gasteiger partial charge on any atom is -0.497 e. The van der Waals surface area contributed by atoms with E-state index < -0.39 is 0 Å². The Balaban J connectivity index is 2.10. The van der Waals surface area contributed by atoms with Gasteiger partial charge in [-0.25, -0.2) is 0 Å². The predicted molar refractivity (Wildman–Crippen MR) is 97.4 cm³/mol. The minimum absolute atomic E-state index is 0.0209. The van der Waals surface area contributed by atoms with Gasteiger partial charge in [0.2, 0.25) is 6.79 Å². The lowest BCUT2D eigenvalue weighted by atomic mass is 9.96. The monoisotopic (exact) mass is 335 g/mol. The maximum absolute atomic E-state index is 13.0. The van der Waals surface area contributed by atoms with E-state index in [0.29, 0.717) is 11.1 Å². The molecule has 0 atom stereocenters. The van der Waals surface area contributed by atoms with Crippen LogP contribution in [-0.4, -0.2) is 27.5 Å². The maximum atomic E-state index is 13.0. The molecule has 25 heavy (non-hydrogen) atoms. The van der Waals surface area contributed by atoms with Crippen molar-refractivity contribution in [1.29, 1.82) is 0 Å². The van der Waals surface area contributed by atoms with Crippen molar-refractivity contribution in [3.05, 3.63) is 46.1 Å². The second-order valence-electron chi connectivity index (χ2n) is 6.50. The molecule has 0 spiro atoms. The molecule has 3 aromatic rings. The van der Waals surface area contributed by atoms with Crippen LogP contribution >= 0.6 is 0 Å². The largest absolute Gasteiger partial charge is 0.497 e. The predicted octanol–water partition coefficient (Wildman–Crippen LogP) is 3.08. The van der Waals surface area contributed by atoms with E-state index in [1.165, 1.54) is 5.56 Å². The van der Waals surface area contributed by atoms with Crippen LogP contribution in [0, 0.1) is 0 Å². The van der Waals surface area contributed by atoms with Crippen molar-refractivity contribution in [2.45, 2.75) is 6.42 Å². The fourth-order valence-electron chi connectivity index (χ4n) is 3.90. The zero-order valence-corrected chi connectivity index (χ0v) is 14.1. The third-order valence-corrected chi connectivity index (χ3v) is 5.16. The minimum atomic E-state index is -0.0209. The van der Waals surface area contributed by atoms with Gasteiger partial charge in [0, 0.05) is 41.5 Å². The second kappa shape index (κ2) is 5.02. The quantitative estimate of drug-likeness (QED) is 0.684. The number of ether oxygens (including phenoxy) is 3. The summed E-state index contributed by atoms with van der Waals surface area (Å²) in [5.74, 6) is 2.15. The number of anilines is 1. The zero-order chi connectivity index (χ0) is 17.1. The van der Waals surface area contributed by atoms with Gasteiger partial charge in [-0.2, -0.15) is 0 Å². The fourth-order valence-corrected chi connectivity index (χ4v) is 3.90. The summed E-state index contributed by atoms with van der Waals surface area (Å²) in [6.07, 6.45) is 0.909. The summed E-state index contributed by atoms with van der Waals surface area (Å²) in [6.45, 7) is 1.07. The van der Waals surface area contributed by atoms with E-state index in [0.717, 1.165) is 46.3 Å². The van der Waals surface area contributed by atoms with Crippen molar-refractivity contribution in [3.8, 4) is 17.2 Å². The summed E-state index contributed by atoms with van der Waals surface area (Å²) in [7, 11) is 3.62. The first-order valence-corrected chi connectivity index (χ1v) is 8.29. The van der Waals surface area contributed by atoms with E-state index in [1.807, 2.05) is 19.2 Å². The van der Waals surface area contributed by atoms with E-state index in [1.54, 1.807) is 19.2 Å². The molecule has 5 nitrogen and oxygen atoms in total. The average molecular weight is 335 g/mol. The Labute approximate surface area is 144 Å². The molecule has 0 radical (unpaired) electrons. The molecule has 0 saturated carbocycles. The van der Waals surface area contributed by atoms with Crippen molar-refractivity contribution in [3.63, 3.8) is 0 Å². The van der Waals surface area contributed by atoms with Crippen LogP contribution in [0.1, 0.15) is 5.56 Å². The highest BCUT2D eigenvalue weighted by Gasteiger charge is 2.26. The van der Waals surface area contributed by atoms with E-state index in [-0.39, 0.29) is 12.2 Å². The van der Waals surface area contributed by atoms with Crippen molar-refractivity contribution in [2.75, 3.05) is 32.4 Å². The van der Waals surface area contributed by atoms with Crippen LogP contribution in [0.2, 0.25) is 0 Å². The summed E-state index contributed by atoms with van der Waals surface area (Å²) in [6, 6.07) is 9.41. The molecule has 126 valence electrons. The van der Waals surface area contributed by atoms with Gasteiger partial charge in [-0.3, -0.25) is 4.79 Å². The molecule has 5 rings (SSSR count). The highest BCUT2D eigenvalue weighted by Crippen LogP contribution is 2.47. The Kier molecular flexibility index (Phi) is 2.89. The van der Waals surface area contributed by atoms with E-state index in [2.05, 4.69) is 11.0 Å². The summed E-state index contributed by atoms with van der Waals surface area (Å²) < 4.78 is 16.8. The molecule has 2 aliphatic rings. The van der Waals surface area contributed by atoms with Gasteiger partial charge in [0.05, 0.1) is 7.11 Å². The Hall–Kier alpha value is -2.95. The highest BCUT2D eigenvalue weighted by atomic mass is 16.7. The van der Waals surface area contributed by atoms with Gasteiger partial charge in [0.15, 0.2) is 16.9 Å². The third kappa shape index (κ3) is 1.92. The smallest absolute Gasteiger partial charge is 0.231 e. The number of rotatable bonds is 1. The lowest BCUT2D eigenvalue weighted by Gasteiger charge is -2.26. The molecule has 0 fully saturated rings. The van der Waals surface area contributed by atoms with Crippen LogP contribution in [0.25, 0.3) is 21.5 Å². The first-order valence-electron chi connectivity index (χ1n) is 8.29. The number of hydrogen-bond acceptors (Lipinski definition) is 5. The summed E-state index contributed by atoms with van der Waals surface area (Å²) in [5.41, 5.74) is 2.11. The SMILES string of the molecule is COc1ccc2c(c1)c(=O)cc1c3c(cc4c(c32)OCO4)CCN1C. The van der Waals surface area contributed by atoms with Gasteiger partial charge in [0.25, 0.3) is 0 Å². The van der Waals surface area contributed by atoms with Crippen LogP contribution < -0.4 is 24.5 Å². The van der Waals surface area contributed by atoms with E-state index in [9.17, 15) is 4.79 Å². The first kappa shape index (κ1) is 14.4. The van der Waals surface area contributed by atoms with Gasteiger partial charge < -0.3 is 19.1 Å². The number of benzene rings is 2. The fraction of sp³-hybridized carbons (Fsp3) is 0.250. The molecule has 0 amide bonds. The van der Waals surface area contributed by atoms with Crippen molar-refractivity contribution in [1.82, 2.24) is 0 Å². The molecule has 0 bridgehead atoms. The molecular formula is C20H17NO4. The number of fused-ring (bicyclic) bond motifs is 4. The molecule has 0 aliphatic carbocycles. The summed E-state index contributed by atoms with van der Waals surface area (Å²) >= 11 is 0. The topological polar surface area (TPSA) is 48.0 Å². The Morgan fingerprint density at radius 3 is 2.80 bits per heavy atom. The number of nitrogens with zero attached hydrogens (tertiary/aromatic N) is 1. The Bertz CT molecular complexity index is 1110. The maximum Gasteiger partial charge on any atom is 0.231 e. The number of methoxy groups -OCH3 is 1. The van der Waals surface area contributed by atoms with Crippen LogP contribution in [-0.2, 0) is 6.42 Å². The Morgan fingerprint density at radius 2 is 1.96 bits per heavy atom. The summed E-state index contributed by atoms with van der Waals surface area (Å²) in [5, 5.41) is 3.52. The van der Waals surface area contributed by atoms with Crippen LogP contribution in [0.5, 0.6) is 17.2 Å². The van der Waals surface area contributed by atoms with Gasteiger partial charge >= 0.3 is 0 Å². The molecule has 5 heteroatoms. The van der Waals surface area contributed by atoms with Crippen molar-refractivity contribution in [2.24, 2.45) is 0 Å². The molecule has 2 heterocycles. The summed E-state index contributed by atoms with van der Waals surface area (Å²) in [4.78, 5) is 15.1. The van der Waals surface area contributed by atoms with Crippen LogP contribution in [0.4, 0.5) is 5.69 Å². The Morgan fingerprint density at radius 1 is 1.08 bits per heavy atom.